The van der Waals surface area contributed by atoms with Crippen molar-refractivity contribution in [2.45, 2.75) is 91.4 Å². The van der Waals surface area contributed by atoms with Gasteiger partial charge in [0.15, 0.2) is 0 Å². The van der Waals surface area contributed by atoms with E-state index in [2.05, 4.69) is 37.5 Å². The van der Waals surface area contributed by atoms with E-state index in [0.717, 1.165) is 67.3 Å². The van der Waals surface area contributed by atoms with Gasteiger partial charge in [-0.25, -0.2) is 4.39 Å². The highest BCUT2D eigenvalue weighted by Crippen LogP contribution is 2.34. The molecule has 1 aromatic heterocycles. The SMILES string of the molecule is CCCCCCCC(=O)C(CCC)CCCc1ccc(F)c(-c2c(C)c3ccccc3n2C)c1. The zero-order chi connectivity index (χ0) is 24.5. The van der Waals surface area contributed by atoms with Gasteiger partial charge in [-0.15, -0.1) is 0 Å². The van der Waals surface area contributed by atoms with Crippen LogP contribution in [0.5, 0.6) is 0 Å². The fourth-order valence-electron chi connectivity index (χ4n) is 5.35. The van der Waals surface area contributed by atoms with Crippen molar-refractivity contribution >= 4 is 16.7 Å². The van der Waals surface area contributed by atoms with Crippen LogP contribution in [0.15, 0.2) is 42.5 Å². The van der Waals surface area contributed by atoms with Gasteiger partial charge in [0.2, 0.25) is 0 Å². The molecular weight excluding hydrogens is 421 g/mol. The molecule has 0 amide bonds. The molecule has 3 aromatic rings. The molecular formula is C31H42FNO. The summed E-state index contributed by atoms with van der Waals surface area (Å²) >= 11 is 0. The second kappa shape index (κ2) is 12.9. The summed E-state index contributed by atoms with van der Waals surface area (Å²) in [5, 5.41) is 1.17. The van der Waals surface area contributed by atoms with Gasteiger partial charge in [-0.05, 0) is 68.4 Å². The molecule has 0 fully saturated rings. The predicted molar refractivity (Wildman–Crippen MR) is 143 cm³/mol. The van der Waals surface area contributed by atoms with Gasteiger partial charge in [0.1, 0.15) is 11.6 Å². The van der Waals surface area contributed by atoms with Crippen molar-refractivity contribution in [1.82, 2.24) is 4.57 Å². The summed E-state index contributed by atoms with van der Waals surface area (Å²) in [4.78, 5) is 12.8. The number of fused-ring (bicyclic) bond motifs is 1. The molecule has 0 spiro atoms. The molecule has 0 saturated heterocycles. The number of hydrogen-bond acceptors (Lipinski definition) is 1. The molecule has 34 heavy (non-hydrogen) atoms. The minimum Gasteiger partial charge on any atom is -0.343 e. The lowest BCUT2D eigenvalue weighted by Crippen LogP contribution is -2.14. The topological polar surface area (TPSA) is 22.0 Å². The number of nitrogens with zero attached hydrogens (tertiary/aromatic N) is 1. The Kier molecular flexibility index (Phi) is 9.92. The largest absolute Gasteiger partial charge is 0.343 e. The normalized spacial score (nSPS) is 12.4. The molecule has 2 aromatic carbocycles. The highest BCUT2D eigenvalue weighted by atomic mass is 19.1. The Hall–Kier alpha value is -2.42. The first kappa shape index (κ1) is 26.2. The first-order valence-corrected chi connectivity index (χ1v) is 13.3. The second-order valence-electron chi connectivity index (χ2n) is 9.87. The maximum atomic E-state index is 14.9. The number of ketones is 1. The first-order chi connectivity index (χ1) is 16.5. The van der Waals surface area contributed by atoms with Crippen molar-refractivity contribution in [2.75, 3.05) is 0 Å². The third-order valence-corrected chi connectivity index (χ3v) is 7.28. The van der Waals surface area contributed by atoms with E-state index in [1.165, 1.54) is 31.1 Å². The van der Waals surface area contributed by atoms with Crippen molar-refractivity contribution < 1.29 is 9.18 Å². The van der Waals surface area contributed by atoms with Gasteiger partial charge < -0.3 is 4.57 Å². The number of Topliss-reactive ketones (excluding diaryl/α,β-unsaturated/α-hetero) is 1. The van der Waals surface area contributed by atoms with E-state index in [4.69, 9.17) is 0 Å². The Labute approximate surface area is 205 Å². The van der Waals surface area contributed by atoms with E-state index >= 15 is 0 Å². The Balaban J connectivity index is 1.66. The average molecular weight is 464 g/mol. The summed E-state index contributed by atoms with van der Waals surface area (Å²) in [7, 11) is 2.01. The molecule has 0 N–H and O–H groups in total. The van der Waals surface area contributed by atoms with Crippen LogP contribution < -0.4 is 0 Å². The van der Waals surface area contributed by atoms with Crippen molar-refractivity contribution in [3.63, 3.8) is 0 Å². The molecule has 3 rings (SSSR count). The van der Waals surface area contributed by atoms with Crippen molar-refractivity contribution in [3.8, 4) is 11.3 Å². The summed E-state index contributed by atoms with van der Waals surface area (Å²) in [6, 6.07) is 13.8. The molecule has 1 unspecified atom stereocenters. The fourth-order valence-corrected chi connectivity index (χ4v) is 5.35. The van der Waals surface area contributed by atoms with Crippen LogP contribution in [0, 0.1) is 18.7 Å². The van der Waals surface area contributed by atoms with Crippen LogP contribution >= 0.6 is 0 Å². The van der Waals surface area contributed by atoms with Gasteiger partial charge in [0.25, 0.3) is 0 Å². The molecule has 2 nitrogen and oxygen atoms in total. The molecule has 0 aliphatic rings. The fraction of sp³-hybridized carbons (Fsp3) is 0.516. The Bertz CT molecular complexity index is 1040. The van der Waals surface area contributed by atoms with Gasteiger partial charge in [-0.3, -0.25) is 4.79 Å². The van der Waals surface area contributed by atoms with E-state index in [-0.39, 0.29) is 11.7 Å². The Morgan fingerprint density at radius 1 is 0.941 bits per heavy atom. The maximum Gasteiger partial charge on any atom is 0.135 e. The lowest BCUT2D eigenvalue weighted by atomic mass is 9.89. The van der Waals surface area contributed by atoms with Gasteiger partial charge >= 0.3 is 0 Å². The Morgan fingerprint density at radius 2 is 1.71 bits per heavy atom. The van der Waals surface area contributed by atoms with Crippen molar-refractivity contribution in [1.29, 1.82) is 0 Å². The van der Waals surface area contributed by atoms with Crippen LogP contribution in [0.2, 0.25) is 0 Å². The summed E-state index contributed by atoms with van der Waals surface area (Å²) < 4.78 is 17.0. The maximum absolute atomic E-state index is 14.9. The van der Waals surface area contributed by atoms with Gasteiger partial charge in [0, 0.05) is 35.9 Å². The third-order valence-electron chi connectivity index (χ3n) is 7.28. The number of halogens is 1. The molecule has 0 radical (unpaired) electrons. The van der Waals surface area contributed by atoms with Crippen LogP contribution in [0.3, 0.4) is 0 Å². The highest BCUT2D eigenvalue weighted by molar-refractivity contribution is 5.91. The van der Waals surface area contributed by atoms with Gasteiger partial charge in [-0.1, -0.05) is 70.2 Å². The molecule has 0 saturated carbocycles. The number of hydrogen-bond donors (Lipinski definition) is 0. The zero-order valence-corrected chi connectivity index (χ0v) is 21.6. The van der Waals surface area contributed by atoms with Crippen molar-refractivity contribution in [2.24, 2.45) is 13.0 Å². The molecule has 1 heterocycles. The monoisotopic (exact) mass is 463 g/mol. The van der Waals surface area contributed by atoms with Crippen LogP contribution in [0.25, 0.3) is 22.2 Å². The number of aromatic nitrogens is 1. The average Bonchev–Trinajstić information content (AvgIpc) is 3.09. The van der Waals surface area contributed by atoms with E-state index < -0.39 is 0 Å². The van der Waals surface area contributed by atoms with E-state index in [0.29, 0.717) is 11.3 Å². The lowest BCUT2D eigenvalue weighted by Gasteiger charge is -2.15. The lowest BCUT2D eigenvalue weighted by molar-refractivity contribution is -0.123. The van der Waals surface area contributed by atoms with Crippen LogP contribution in [-0.2, 0) is 18.3 Å². The number of carbonyl (C=O) groups is 1. The summed E-state index contributed by atoms with van der Waals surface area (Å²) in [6.45, 7) is 6.46. The standard InChI is InChI=1S/C31H42FNO/c1-5-7-8-9-10-19-30(34)25(14-6-2)16-13-15-24-20-21-28(32)27(22-24)31-23(3)26-17-11-12-18-29(26)33(31)4/h11-12,17-18,20-22,25H,5-10,13-16,19H2,1-4H3. The number of unbranched alkanes of at least 4 members (excludes halogenated alkanes) is 4. The van der Waals surface area contributed by atoms with Crippen molar-refractivity contribution in [3.05, 3.63) is 59.4 Å². The van der Waals surface area contributed by atoms with E-state index in [1.807, 2.05) is 31.3 Å². The van der Waals surface area contributed by atoms with Gasteiger partial charge in [0.05, 0.1) is 5.69 Å². The highest BCUT2D eigenvalue weighted by Gasteiger charge is 2.19. The number of carbonyl (C=O) groups excluding carboxylic acids is 1. The van der Waals surface area contributed by atoms with Crippen LogP contribution in [0.1, 0.15) is 89.2 Å². The van der Waals surface area contributed by atoms with E-state index in [1.54, 1.807) is 6.07 Å². The van der Waals surface area contributed by atoms with Crippen LogP contribution in [-0.4, -0.2) is 10.4 Å². The number of rotatable bonds is 14. The predicted octanol–water partition coefficient (Wildman–Crippen LogP) is 8.96. The molecule has 1 atom stereocenters. The minimum atomic E-state index is -0.181. The third kappa shape index (κ3) is 6.37. The summed E-state index contributed by atoms with van der Waals surface area (Å²) in [6.07, 6.45) is 11.5. The zero-order valence-electron chi connectivity index (χ0n) is 21.6. The summed E-state index contributed by atoms with van der Waals surface area (Å²) in [5.41, 5.74) is 4.99. The van der Waals surface area contributed by atoms with Gasteiger partial charge in [-0.2, -0.15) is 0 Å². The number of benzene rings is 2. The first-order valence-electron chi connectivity index (χ1n) is 13.3. The minimum absolute atomic E-state index is 0.177. The number of para-hydroxylation sites is 1. The smallest absolute Gasteiger partial charge is 0.135 e. The second-order valence-corrected chi connectivity index (χ2v) is 9.87. The van der Waals surface area contributed by atoms with Crippen LogP contribution in [0.4, 0.5) is 4.39 Å². The molecule has 3 heteroatoms. The molecule has 0 aliphatic heterocycles. The molecule has 184 valence electrons. The number of aryl methyl sites for hydroxylation is 3. The molecule has 0 bridgehead atoms. The summed E-state index contributed by atoms with van der Waals surface area (Å²) in [5.74, 6) is 0.445. The van der Waals surface area contributed by atoms with E-state index in [9.17, 15) is 9.18 Å². The Morgan fingerprint density at radius 3 is 2.44 bits per heavy atom. The molecule has 0 aliphatic carbocycles. The quantitative estimate of drug-likeness (QED) is 0.219.